The van der Waals surface area contributed by atoms with Gasteiger partial charge < -0.3 is 10.3 Å². The van der Waals surface area contributed by atoms with E-state index in [0.717, 1.165) is 35.4 Å². The first-order chi connectivity index (χ1) is 9.83. The van der Waals surface area contributed by atoms with Crippen LogP contribution in [0.5, 0.6) is 0 Å². The number of pyridine rings is 1. The van der Waals surface area contributed by atoms with Gasteiger partial charge in [0.2, 0.25) is 0 Å². The molecule has 0 fully saturated rings. The van der Waals surface area contributed by atoms with Crippen LogP contribution in [0.3, 0.4) is 0 Å². The molecule has 0 aliphatic heterocycles. The Balaban J connectivity index is 2.00. The maximum absolute atomic E-state index is 5.81. The Morgan fingerprint density at radius 2 is 2.20 bits per heavy atom. The lowest BCUT2D eigenvalue weighted by atomic mass is 10.2. The lowest BCUT2D eigenvalue weighted by molar-refractivity contribution is 0.556. The van der Waals surface area contributed by atoms with Crippen molar-refractivity contribution in [1.82, 2.24) is 24.3 Å². The molecule has 2 N–H and O–H groups in total. The molecular weight excluding hydrogens is 252 g/mol. The van der Waals surface area contributed by atoms with E-state index in [1.807, 2.05) is 10.7 Å². The van der Waals surface area contributed by atoms with Gasteiger partial charge in [0.05, 0.1) is 6.54 Å². The number of hydrogen-bond donors (Lipinski definition) is 1. The van der Waals surface area contributed by atoms with Gasteiger partial charge in [0.1, 0.15) is 17.8 Å². The maximum Gasteiger partial charge on any atom is 0.146 e. The van der Waals surface area contributed by atoms with Crippen molar-refractivity contribution < 1.29 is 0 Å². The molecule has 0 amide bonds. The Morgan fingerprint density at radius 1 is 1.30 bits per heavy atom. The van der Waals surface area contributed by atoms with Crippen LogP contribution in [0, 0.1) is 0 Å². The number of aryl methyl sites for hydroxylation is 1. The van der Waals surface area contributed by atoms with Crippen molar-refractivity contribution in [2.24, 2.45) is 5.73 Å². The third-order valence-corrected chi connectivity index (χ3v) is 3.38. The Kier molecular flexibility index (Phi) is 3.47. The van der Waals surface area contributed by atoms with Gasteiger partial charge in [0.15, 0.2) is 0 Å². The number of nitrogens with zero attached hydrogens (tertiary/aromatic N) is 5. The first kappa shape index (κ1) is 12.8. The summed E-state index contributed by atoms with van der Waals surface area (Å²) >= 11 is 0. The van der Waals surface area contributed by atoms with E-state index in [1.54, 1.807) is 12.5 Å². The van der Waals surface area contributed by atoms with Gasteiger partial charge in [-0.25, -0.2) is 14.6 Å². The van der Waals surface area contributed by atoms with Gasteiger partial charge in [0.25, 0.3) is 0 Å². The molecule has 0 aliphatic carbocycles. The summed E-state index contributed by atoms with van der Waals surface area (Å²) in [6.45, 7) is 4.18. The molecule has 0 saturated carbocycles. The fourth-order valence-electron chi connectivity index (χ4n) is 2.44. The summed E-state index contributed by atoms with van der Waals surface area (Å²) in [5.74, 6) is 0.943. The number of aromatic nitrogens is 5. The predicted molar refractivity (Wildman–Crippen MR) is 77.0 cm³/mol. The smallest absolute Gasteiger partial charge is 0.146 e. The summed E-state index contributed by atoms with van der Waals surface area (Å²) in [5.41, 5.74) is 7.86. The first-order valence-electron chi connectivity index (χ1n) is 6.83. The molecule has 6 heteroatoms. The van der Waals surface area contributed by atoms with E-state index >= 15 is 0 Å². The maximum atomic E-state index is 5.81. The average Bonchev–Trinajstić information content (AvgIpc) is 3.05. The van der Waals surface area contributed by atoms with Crippen molar-refractivity contribution in [3.05, 3.63) is 42.2 Å². The van der Waals surface area contributed by atoms with Crippen LogP contribution in [0.1, 0.15) is 24.7 Å². The van der Waals surface area contributed by atoms with Gasteiger partial charge in [-0.05, 0) is 24.1 Å². The van der Waals surface area contributed by atoms with E-state index in [4.69, 9.17) is 5.73 Å². The molecule has 3 aromatic heterocycles. The summed E-state index contributed by atoms with van der Waals surface area (Å²) in [6.07, 6.45) is 6.50. The summed E-state index contributed by atoms with van der Waals surface area (Å²) in [5, 5.41) is 5.36. The van der Waals surface area contributed by atoms with Gasteiger partial charge >= 0.3 is 0 Å². The second-order valence-corrected chi connectivity index (χ2v) is 4.76. The molecule has 6 nitrogen and oxygen atoms in total. The minimum Gasteiger partial charge on any atom is -0.326 e. The van der Waals surface area contributed by atoms with Crippen molar-refractivity contribution in [1.29, 1.82) is 0 Å². The highest BCUT2D eigenvalue weighted by Crippen LogP contribution is 2.19. The molecule has 0 atom stereocenters. The minimum absolute atomic E-state index is 0.511. The monoisotopic (exact) mass is 270 g/mol. The highest BCUT2D eigenvalue weighted by Gasteiger charge is 2.11. The third kappa shape index (κ3) is 2.18. The van der Waals surface area contributed by atoms with Gasteiger partial charge in [-0.15, -0.1) is 0 Å². The van der Waals surface area contributed by atoms with E-state index in [-0.39, 0.29) is 0 Å². The van der Waals surface area contributed by atoms with Crippen LogP contribution in [-0.4, -0.2) is 24.3 Å². The summed E-state index contributed by atoms with van der Waals surface area (Å²) in [4.78, 5) is 8.80. The van der Waals surface area contributed by atoms with Gasteiger partial charge in [-0.1, -0.05) is 6.92 Å². The van der Waals surface area contributed by atoms with Gasteiger partial charge in [-0.2, -0.15) is 5.10 Å². The van der Waals surface area contributed by atoms with Crippen molar-refractivity contribution in [3.8, 4) is 0 Å². The Morgan fingerprint density at radius 3 is 3.00 bits per heavy atom. The van der Waals surface area contributed by atoms with Crippen molar-refractivity contribution >= 4 is 11.0 Å². The highest BCUT2D eigenvalue weighted by molar-refractivity contribution is 5.80. The quantitative estimate of drug-likeness (QED) is 0.763. The van der Waals surface area contributed by atoms with E-state index in [0.29, 0.717) is 13.1 Å². The van der Waals surface area contributed by atoms with Crippen LogP contribution >= 0.6 is 0 Å². The van der Waals surface area contributed by atoms with Gasteiger partial charge in [0, 0.05) is 30.9 Å². The number of hydrogen-bond acceptors (Lipinski definition) is 4. The van der Waals surface area contributed by atoms with Crippen LogP contribution in [-0.2, 0) is 19.6 Å². The van der Waals surface area contributed by atoms with Gasteiger partial charge in [-0.3, -0.25) is 0 Å². The minimum atomic E-state index is 0.511. The molecule has 3 aromatic rings. The van der Waals surface area contributed by atoms with E-state index in [2.05, 4.69) is 38.8 Å². The highest BCUT2D eigenvalue weighted by atomic mass is 15.3. The molecule has 0 aromatic carbocycles. The zero-order valence-electron chi connectivity index (χ0n) is 11.5. The van der Waals surface area contributed by atoms with Crippen molar-refractivity contribution in [2.75, 3.05) is 0 Å². The number of nitrogens with two attached hydrogens (primary N) is 1. The second kappa shape index (κ2) is 5.42. The lowest BCUT2D eigenvalue weighted by Crippen LogP contribution is -2.09. The van der Waals surface area contributed by atoms with Crippen molar-refractivity contribution in [2.45, 2.75) is 33.0 Å². The summed E-state index contributed by atoms with van der Waals surface area (Å²) in [6, 6.07) is 3.99. The first-order valence-corrected chi connectivity index (χ1v) is 6.83. The van der Waals surface area contributed by atoms with Crippen LogP contribution in [0.2, 0.25) is 0 Å². The molecule has 20 heavy (non-hydrogen) atoms. The standard InChI is InChI=1S/C14H18N6/c1-2-6-20-13(17-10-18-20)9-19-8-11(7-15)12-4-3-5-16-14(12)19/h3-5,8,10H,2,6-7,9,15H2,1H3. The van der Waals surface area contributed by atoms with E-state index in [1.165, 1.54) is 0 Å². The normalized spacial score (nSPS) is 11.3. The fraction of sp³-hybridized carbons (Fsp3) is 0.357. The zero-order chi connectivity index (χ0) is 13.9. The molecule has 104 valence electrons. The Labute approximate surface area is 117 Å². The Hall–Kier alpha value is -2.21. The lowest BCUT2D eigenvalue weighted by Gasteiger charge is -2.06. The summed E-state index contributed by atoms with van der Waals surface area (Å²) in [7, 11) is 0. The summed E-state index contributed by atoms with van der Waals surface area (Å²) < 4.78 is 4.03. The van der Waals surface area contributed by atoms with Crippen LogP contribution in [0.15, 0.2) is 30.9 Å². The molecule has 0 saturated heterocycles. The third-order valence-electron chi connectivity index (χ3n) is 3.38. The fourth-order valence-corrected chi connectivity index (χ4v) is 2.44. The van der Waals surface area contributed by atoms with Crippen LogP contribution in [0.4, 0.5) is 0 Å². The topological polar surface area (TPSA) is 74.5 Å². The molecule has 0 unspecified atom stereocenters. The van der Waals surface area contributed by atoms with Crippen LogP contribution < -0.4 is 5.73 Å². The largest absolute Gasteiger partial charge is 0.326 e. The average molecular weight is 270 g/mol. The molecule has 3 heterocycles. The molecule has 0 bridgehead atoms. The predicted octanol–water partition coefficient (Wildman–Crippen LogP) is 1.54. The molecule has 0 radical (unpaired) electrons. The molecule has 0 spiro atoms. The molecule has 0 aliphatic rings. The van der Waals surface area contributed by atoms with Crippen molar-refractivity contribution in [3.63, 3.8) is 0 Å². The molecular formula is C14H18N6. The SMILES string of the molecule is CCCn1ncnc1Cn1cc(CN)c2cccnc21. The zero-order valence-corrected chi connectivity index (χ0v) is 11.5. The Bertz CT molecular complexity index is 711. The van der Waals surface area contributed by atoms with E-state index in [9.17, 15) is 0 Å². The number of rotatable bonds is 5. The molecule has 3 rings (SSSR count). The van der Waals surface area contributed by atoms with E-state index < -0.39 is 0 Å². The van der Waals surface area contributed by atoms with Crippen LogP contribution in [0.25, 0.3) is 11.0 Å². The second-order valence-electron chi connectivity index (χ2n) is 4.76. The number of fused-ring (bicyclic) bond motifs is 1.